The van der Waals surface area contributed by atoms with Crippen LogP contribution in [0.15, 0.2) is 53.3 Å². The van der Waals surface area contributed by atoms with E-state index in [2.05, 4.69) is 10.1 Å². The average molecular weight is 430 g/mol. The lowest BCUT2D eigenvalue weighted by Crippen LogP contribution is -2.40. The van der Waals surface area contributed by atoms with Crippen LogP contribution in [-0.4, -0.2) is 37.1 Å². The van der Waals surface area contributed by atoms with Gasteiger partial charge in [-0.05, 0) is 51.3 Å². The molecule has 4 aromatic rings. The molecule has 1 fully saturated rings. The number of para-hydroxylation sites is 2. The maximum Gasteiger partial charge on any atom is 0.274 e. The number of nitrogens with zero attached hydrogens (tertiary/aromatic N) is 4. The smallest absolute Gasteiger partial charge is 0.274 e. The first-order valence-electron chi connectivity index (χ1n) is 11.3. The third-order valence-electron chi connectivity index (χ3n) is 6.26. The number of aromatic nitrogens is 4. The molecule has 164 valence electrons. The summed E-state index contributed by atoms with van der Waals surface area (Å²) in [7, 11) is 0. The first-order chi connectivity index (χ1) is 15.5. The minimum absolute atomic E-state index is 0.0155. The first-order valence-corrected chi connectivity index (χ1v) is 11.3. The highest BCUT2D eigenvalue weighted by molar-refractivity contribution is 5.88. The zero-order chi connectivity index (χ0) is 22.2. The summed E-state index contributed by atoms with van der Waals surface area (Å²) < 4.78 is 1.48. The number of nitrogens with one attached hydrogen (secondary N) is 1. The Bertz CT molecular complexity index is 1320. The van der Waals surface area contributed by atoms with Gasteiger partial charge in [0.05, 0.1) is 40.6 Å². The number of carbonyl (C=O) groups is 1. The fraction of sp³-hybridized carbons (Fsp3) is 0.360. The molecular formula is C25H27N5O2. The molecule has 1 aliphatic heterocycles. The van der Waals surface area contributed by atoms with E-state index in [1.807, 2.05) is 67.3 Å². The highest BCUT2D eigenvalue weighted by atomic mass is 16.2. The van der Waals surface area contributed by atoms with Crippen LogP contribution in [0.25, 0.3) is 21.8 Å². The zero-order valence-corrected chi connectivity index (χ0v) is 18.4. The standard InChI is InChI=1S/C25H27N5O2/c1-16(2)30-25(32)18-10-4-3-9-17(18)21(28-30)15-23(31)29-14-8-7-13-22(29)24-26-19-11-5-6-12-20(19)27-24/h3-6,9-12,16,22H,7-8,13-15H2,1-2H3,(H,26,27)/t22-/m1/s1. The Morgan fingerprint density at radius 2 is 1.84 bits per heavy atom. The van der Waals surface area contributed by atoms with Gasteiger partial charge in [0.25, 0.3) is 5.56 Å². The summed E-state index contributed by atoms with van der Waals surface area (Å²) in [4.78, 5) is 36.5. The maximum atomic E-state index is 13.5. The van der Waals surface area contributed by atoms with Crippen LogP contribution in [0.1, 0.15) is 56.7 Å². The Balaban J connectivity index is 1.50. The van der Waals surface area contributed by atoms with Gasteiger partial charge in [0.1, 0.15) is 5.82 Å². The van der Waals surface area contributed by atoms with E-state index in [0.29, 0.717) is 17.6 Å². The highest BCUT2D eigenvalue weighted by Gasteiger charge is 2.31. The van der Waals surface area contributed by atoms with Gasteiger partial charge < -0.3 is 9.88 Å². The summed E-state index contributed by atoms with van der Waals surface area (Å²) in [6.07, 6.45) is 3.07. The second kappa shape index (κ2) is 8.22. The van der Waals surface area contributed by atoms with E-state index in [4.69, 9.17) is 4.98 Å². The van der Waals surface area contributed by atoms with Gasteiger partial charge in [0.15, 0.2) is 0 Å². The number of rotatable bonds is 4. The lowest BCUT2D eigenvalue weighted by atomic mass is 10.00. The summed E-state index contributed by atoms with van der Waals surface area (Å²) in [5.74, 6) is 0.853. The minimum Gasteiger partial charge on any atom is -0.340 e. The van der Waals surface area contributed by atoms with Crippen LogP contribution in [0.3, 0.4) is 0 Å². The van der Waals surface area contributed by atoms with Crippen molar-refractivity contribution in [3.63, 3.8) is 0 Å². The van der Waals surface area contributed by atoms with Gasteiger partial charge in [0.2, 0.25) is 5.91 Å². The van der Waals surface area contributed by atoms with Gasteiger partial charge in [-0.25, -0.2) is 9.67 Å². The van der Waals surface area contributed by atoms with Crippen LogP contribution in [0.4, 0.5) is 0 Å². The second-order valence-electron chi connectivity index (χ2n) is 8.75. The molecule has 0 bridgehead atoms. The molecule has 0 radical (unpaired) electrons. The predicted molar refractivity (Wildman–Crippen MR) is 124 cm³/mol. The van der Waals surface area contributed by atoms with Crippen LogP contribution in [0, 0.1) is 0 Å². The van der Waals surface area contributed by atoms with Crippen molar-refractivity contribution in [3.8, 4) is 0 Å². The molecule has 5 rings (SSSR count). The molecule has 7 heteroatoms. The van der Waals surface area contributed by atoms with Crippen LogP contribution in [0.5, 0.6) is 0 Å². The third-order valence-corrected chi connectivity index (χ3v) is 6.26. The Morgan fingerprint density at radius 1 is 1.09 bits per heavy atom. The van der Waals surface area contributed by atoms with Crippen molar-refractivity contribution in [2.24, 2.45) is 0 Å². The average Bonchev–Trinajstić information content (AvgIpc) is 3.25. The highest BCUT2D eigenvalue weighted by Crippen LogP contribution is 2.31. The second-order valence-corrected chi connectivity index (χ2v) is 8.75. The number of benzene rings is 2. The van der Waals surface area contributed by atoms with Gasteiger partial charge in [-0.1, -0.05) is 30.3 Å². The number of imidazole rings is 1. The molecule has 2 aromatic heterocycles. The Kier molecular flexibility index (Phi) is 5.25. The van der Waals surface area contributed by atoms with Crippen molar-refractivity contribution in [3.05, 3.63) is 70.4 Å². The summed E-state index contributed by atoms with van der Waals surface area (Å²) in [5, 5.41) is 5.95. The molecule has 0 aliphatic carbocycles. The molecule has 3 heterocycles. The number of likely N-dealkylation sites (tertiary alicyclic amines) is 1. The van der Waals surface area contributed by atoms with Crippen LogP contribution in [-0.2, 0) is 11.2 Å². The van der Waals surface area contributed by atoms with Gasteiger partial charge in [-0.15, -0.1) is 0 Å². The van der Waals surface area contributed by atoms with E-state index in [0.717, 1.165) is 41.5 Å². The molecule has 32 heavy (non-hydrogen) atoms. The van der Waals surface area contributed by atoms with E-state index in [1.54, 1.807) is 0 Å². The summed E-state index contributed by atoms with van der Waals surface area (Å²) in [6.45, 7) is 4.55. The predicted octanol–water partition coefficient (Wildman–Crippen LogP) is 4.15. The SMILES string of the molecule is CC(C)n1nc(CC(=O)N2CCCC[C@@H]2c2nc3ccccc3[nH]2)c2ccccc2c1=O. The third kappa shape index (κ3) is 3.57. The monoisotopic (exact) mass is 429 g/mol. The molecule has 1 N–H and O–H groups in total. The van der Waals surface area contributed by atoms with Crippen LogP contribution >= 0.6 is 0 Å². The van der Waals surface area contributed by atoms with Gasteiger partial charge in [-0.2, -0.15) is 5.10 Å². The fourth-order valence-corrected chi connectivity index (χ4v) is 4.64. The summed E-state index contributed by atoms with van der Waals surface area (Å²) >= 11 is 0. The molecule has 1 aliphatic rings. The van der Waals surface area contributed by atoms with E-state index in [9.17, 15) is 9.59 Å². The maximum absolute atomic E-state index is 13.5. The number of fused-ring (bicyclic) bond motifs is 2. The number of H-pyrrole nitrogens is 1. The summed E-state index contributed by atoms with van der Waals surface area (Å²) in [6, 6.07) is 15.2. The van der Waals surface area contributed by atoms with Gasteiger partial charge in [0, 0.05) is 11.9 Å². The van der Waals surface area contributed by atoms with Crippen molar-refractivity contribution >= 4 is 27.7 Å². The Labute approximate surface area is 186 Å². The molecule has 0 spiro atoms. The molecule has 2 aromatic carbocycles. The molecule has 1 saturated heterocycles. The lowest BCUT2D eigenvalue weighted by Gasteiger charge is -2.34. The number of carbonyl (C=O) groups excluding carboxylic acids is 1. The normalized spacial score (nSPS) is 16.8. The lowest BCUT2D eigenvalue weighted by molar-refractivity contribution is -0.134. The Hall–Kier alpha value is -3.48. The largest absolute Gasteiger partial charge is 0.340 e. The van der Waals surface area contributed by atoms with Crippen LogP contribution in [0.2, 0.25) is 0 Å². The van der Waals surface area contributed by atoms with Crippen molar-refractivity contribution in [2.75, 3.05) is 6.54 Å². The number of hydrogen-bond acceptors (Lipinski definition) is 4. The number of piperidine rings is 1. The van der Waals surface area contributed by atoms with Crippen molar-refractivity contribution in [1.82, 2.24) is 24.6 Å². The molecule has 1 amide bonds. The molecule has 0 saturated carbocycles. The van der Waals surface area contributed by atoms with Crippen LogP contribution < -0.4 is 5.56 Å². The molecular weight excluding hydrogens is 402 g/mol. The zero-order valence-electron chi connectivity index (χ0n) is 18.4. The molecule has 0 unspecified atom stereocenters. The molecule has 7 nitrogen and oxygen atoms in total. The van der Waals surface area contributed by atoms with Gasteiger partial charge >= 0.3 is 0 Å². The number of hydrogen-bond donors (Lipinski definition) is 1. The Morgan fingerprint density at radius 3 is 2.62 bits per heavy atom. The minimum atomic E-state index is -0.120. The van der Waals surface area contributed by atoms with E-state index in [-0.39, 0.29) is 30.0 Å². The van der Waals surface area contributed by atoms with Gasteiger partial charge in [-0.3, -0.25) is 9.59 Å². The van der Waals surface area contributed by atoms with Crippen molar-refractivity contribution in [1.29, 1.82) is 0 Å². The first kappa shape index (κ1) is 20.4. The van der Waals surface area contributed by atoms with E-state index in [1.165, 1.54) is 4.68 Å². The summed E-state index contributed by atoms with van der Waals surface area (Å²) in [5.41, 5.74) is 2.42. The topological polar surface area (TPSA) is 83.9 Å². The fourth-order valence-electron chi connectivity index (χ4n) is 4.64. The number of amides is 1. The van der Waals surface area contributed by atoms with E-state index < -0.39 is 0 Å². The van der Waals surface area contributed by atoms with Crippen molar-refractivity contribution < 1.29 is 4.79 Å². The van der Waals surface area contributed by atoms with E-state index >= 15 is 0 Å². The molecule has 1 atom stereocenters. The quantitative estimate of drug-likeness (QED) is 0.528. The van der Waals surface area contributed by atoms with Crippen molar-refractivity contribution in [2.45, 2.75) is 51.6 Å². The number of aromatic amines is 1.